The predicted molar refractivity (Wildman–Crippen MR) is 95.2 cm³/mol. The van der Waals surface area contributed by atoms with E-state index in [9.17, 15) is 9.59 Å². The van der Waals surface area contributed by atoms with Gasteiger partial charge in [0.1, 0.15) is 0 Å². The fourth-order valence-electron chi connectivity index (χ4n) is 5.56. The molecule has 5 rings (SSSR count). The molecule has 4 fully saturated rings. The van der Waals surface area contributed by atoms with Crippen LogP contribution in [0, 0.1) is 17.8 Å². The molecule has 0 radical (unpaired) electrons. The van der Waals surface area contributed by atoms with Crippen LogP contribution < -0.4 is 5.32 Å². The van der Waals surface area contributed by atoms with Crippen molar-refractivity contribution in [3.63, 3.8) is 0 Å². The summed E-state index contributed by atoms with van der Waals surface area (Å²) in [5, 5.41) is 3.85. The summed E-state index contributed by atoms with van der Waals surface area (Å²) in [7, 11) is 0. The van der Waals surface area contributed by atoms with Crippen LogP contribution in [0.1, 0.15) is 44.1 Å². The third kappa shape index (κ3) is 3.84. The predicted octanol–water partition coefficient (Wildman–Crippen LogP) is 3.51. The van der Waals surface area contributed by atoms with Gasteiger partial charge < -0.3 is 10.1 Å². The zero-order chi connectivity index (χ0) is 17.4. The van der Waals surface area contributed by atoms with E-state index in [4.69, 9.17) is 16.3 Å². The molecule has 0 unspecified atom stereocenters. The summed E-state index contributed by atoms with van der Waals surface area (Å²) in [6.07, 6.45) is 7.47. The first-order chi connectivity index (χ1) is 12.0. The largest absolute Gasteiger partial charge is 0.455 e. The van der Waals surface area contributed by atoms with Gasteiger partial charge in [0, 0.05) is 10.6 Å². The maximum absolute atomic E-state index is 12.3. The third-order valence-electron chi connectivity index (χ3n) is 6.07. The smallest absolute Gasteiger partial charge is 0.310 e. The second-order valence-corrected chi connectivity index (χ2v) is 8.65. The third-order valence-corrected chi connectivity index (χ3v) is 6.32. The number of benzene rings is 1. The Morgan fingerprint density at radius 1 is 1.04 bits per heavy atom. The average Bonchev–Trinajstić information content (AvgIpc) is 2.53. The van der Waals surface area contributed by atoms with Gasteiger partial charge in [-0.15, -0.1) is 0 Å². The molecule has 4 aliphatic rings. The molecule has 4 saturated carbocycles. The number of carbonyl (C=O) groups is 2. The van der Waals surface area contributed by atoms with Crippen molar-refractivity contribution >= 4 is 23.5 Å². The molecular weight excluding hydrogens is 338 g/mol. The topological polar surface area (TPSA) is 55.4 Å². The van der Waals surface area contributed by atoms with Crippen LogP contribution in [-0.2, 0) is 20.7 Å². The molecule has 0 aliphatic heterocycles. The van der Waals surface area contributed by atoms with Crippen LogP contribution in [0.3, 0.4) is 0 Å². The lowest BCUT2D eigenvalue weighted by Crippen LogP contribution is -2.60. The number of rotatable bonds is 5. The Balaban J connectivity index is 1.26. The van der Waals surface area contributed by atoms with Crippen LogP contribution in [0.25, 0.3) is 0 Å². The molecule has 1 amide bonds. The van der Waals surface area contributed by atoms with Crippen molar-refractivity contribution in [1.29, 1.82) is 0 Å². The van der Waals surface area contributed by atoms with Crippen LogP contribution >= 0.6 is 11.6 Å². The lowest BCUT2D eigenvalue weighted by molar-refractivity contribution is -0.149. The molecule has 4 bridgehead atoms. The minimum Gasteiger partial charge on any atom is -0.455 e. The molecule has 1 N–H and O–H groups in total. The molecule has 0 aromatic heterocycles. The summed E-state index contributed by atoms with van der Waals surface area (Å²) >= 11 is 5.83. The van der Waals surface area contributed by atoms with Gasteiger partial charge in [-0.05, 0) is 74.0 Å². The zero-order valence-electron chi connectivity index (χ0n) is 14.3. The summed E-state index contributed by atoms with van der Waals surface area (Å²) in [6.45, 7) is -0.186. The Kier molecular flexibility index (Phi) is 4.48. The van der Waals surface area contributed by atoms with Crippen LogP contribution in [0.5, 0.6) is 0 Å². The van der Waals surface area contributed by atoms with E-state index < -0.39 is 0 Å². The van der Waals surface area contributed by atoms with Crippen molar-refractivity contribution in [2.75, 3.05) is 6.61 Å². The number of ether oxygens (including phenoxy) is 1. The highest BCUT2D eigenvalue weighted by atomic mass is 35.5. The Morgan fingerprint density at radius 3 is 2.16 bits per heavy atom. The van der Waals surface area contributed by atoms with Crippen molar-refractivity contribution < 1.29 is 14.3 Å². The number of esters is 1. The van der Waals surface area contributed by atoms with E-state index in [-0.39, 0.29) is 30.4 Å². The fraction of sp³-hybridized carbons (Fsp3) is 0.600. The minimum absolute atomic E-state index is 0.0333. The Hall–Kier alpha value is -1.55. The maximum Gasteiger partial charge on any atom is 0.310 e. The van der Waals surface area contributed by atoms with E-state index >= 15 is 0 Å². The van der Waals surface area contributed by atoms with Gasteiger partial charge in [-0.1, -0.05) is 23.7 Å². The van der Waals surface area contributed by atoms with Crippen LogP contribution in [0.15, 0.2) is 24.3 Å². The van der Waals surface area contributed by atoms with Crippen molar-refractivity contribution in [1.82, 2.24) is 5.32 Å². The van der Waals surface area contributed by atoms with E-state index in [1.807, 2.05) is 0 Å². The van der Waals surface area contributed by atoms with Gasteiger partial charge in [-0.2, -0.15) is 0 Å². The first-order valence-corrected chi connectivity index (χ1v) is 9.58. The van der Waals surface area contributed by atoms with E-state index in [2.05, 4.69) is 5.32 Å². The van der Waals surface area contributed by atoms with E-state index in [1.54, 1.807) is 24.3 Å². The van der Waals surface area contributed by atoms with E-state index in [0.29, 0.717) is 5.02 Å². The first-order valence-electron chi connectivity index (χ1n) is 9.21. The second kappa shape index (κ2) is 6.64. The lowest BCUT2D eigenvalue weighted by Gasteiger charge is -2.56. The van der Waals surface area contributed by atoms with Gasteiger partial charge in [0.05, 0.1) is 6.42 Å². The molecule has 4 aliphatic carbocycles. The number of hydrogen-bond donors (Lipinski definition) is 1. The molecule has 25 heavy (non-hydrogen) atoms. The van der Waals surface area contributed by atoms with Gasteiger partial charge in [0.25, 0.3) is 5.91 Å². The van der Waals surface area contributed by atoms with E-state index in [1.165, 1.54) is 19.3 Å². The summed E-state index contributed by atoms with van der Waals surface area (Å²) in [4.78, 5) is 24.3. The molecule has 134 valence electrons. The summed E-state index contributed by atoms with van der Waals surface area (Å²) < 4.78 is 5.17. The number of nitrogens with one attached hydrogen (secondary N) is 1. The summed E-state index contributed by atoms with van der Waals surface area (Å²) in [5.41, 5.74) is 0.796. The Labute approximate surface area is 153 Å². The minimum atomic E-state index is -0.386. The Bertz CT molecular complexity index is 635. The normalized spacial score (nSPS) is 32.4. The standard InChI is InChI=1S/C20H24ClNO3/c21-17-3-1-13(2-4-17)8-19(24)25-12-18(23)22-20-9-14-5-15(10-20)7-16(6-14)11-20/h1-4,14-16H,5-12H2,(H,22,23). The summed E-state index contributed by atoms with van der Waals surface area (Å²) in [5.74, 6) is 1.78. The van der Waals surface area contributed by atoms with Gasteiger partial charge in [0.2, 0.25) is 0 Å². The van der Waals surface area contributed by atoms with Crippen LogP contribution in [0.4, 0.5) is 0 Å². The maximum atomic E-state index is 12.3. The number of amides is 1. The molecule has 1 aromatic carbocycles. The SMILES string of the molecule is O=C(COC(=O)Cc1ccc(Cl)cc1)NC12CC3CC(CC(C3)C1)C2. The van der Waals surface area contributed by atoms with Gasteiger partial charge in [-0.3, -0.25) is 9.59 Å². The molecule has 0 heterocycles. The first kappa shape index (κ1) is 16.9. The summed E-state index contributed by atoms with van der Waals surface area (Å²) in [6, 6.07) is 7.06. The molecule has 0 saturated heterocycles. The molecular formula is C20H24ClNO3. The molecule has 0 spiro atoms. The monoisotopic (exact) mass is 361 g/mol. The van der Waals surface area contributed by atoms with Crippen molar-refractivity contribution in [3.8, 4) is 0 Å². The van der Waals surface area contributed by atoms with Gasteiger partial charge >= 0.3 is 5.97 Å². The highest BCUT2D eigenvalue weighted by molar-refractivity contribution is 6.30. The highest BCUT2D eigenvalue weighted by Crippen LogP contribution is 2.55. The van der Waals surface area contributed by atoms with Crippen molar-refractivity contribution in [3.05, 3.63) is 34.9 Å². The second-order valence-electron chi connectivity index (χ2n) is 8.21. The van der Waals surface area contributed by atoms with E-state index in [0.717, 1.165) is 42.6 Å². The van der Waals surface area contributed by atoms with Crippen LogP contribution in [0.2, 0.25) is 5.02 Å². The van der Waals surface area contributed by atoms with Crippen LogP contribution in [-0.4, -0.2) is 24.0 Å². The quantitative estimate of drug-likeness (QED) is 0.816. The average molecular weight is 362 g/mol. The fourth-order valence-corrected chi connectivity index (χ4v) is 5.69. The molecule has 5 heteroatoms. The van der Waals surface area contributed by atoms with Gasteiger partial charge in [-0.25, -0.2) is 0 Å². The zero-order valence-corrected chi connectivity index (χ0v) is 15.1. The number of carbonyl (C=O) groups excluding carboxylic acids is 2. The number of halogens is 1. The van der Waals surface area contributed by atoms with Gasteiger partial charge in [0.15, 0.2) is 6.61 Å². The molecule has 4 nitrogen and oxygen atoms in total. The lowest BCUT2D eigenvalue weighted by atomic mass is 9.53. The molecule has 1 aromatic rings. The highest BCUT2D eigenvalue weighted by Gasteiger charge is 2.51. The van der Waals surface area contributed by atoms with Crippen molar-refractivity contribution in [2.45, 2.75) is 50.5 Å². The molecule has 0 atom stereocenters. The van der Waals surface area contributed by atoms with Crippen molar-refractivity contribution in [2.24, 2.45) is 17.8 Å². The Morgan fingerprint density at radius 2 is 1.60 bits per heavy atom. The number of hydrogen-bond acceptors (Lipinski definition) is 3.